The van der Waals surface area contributed by atoms with E-state index >= 15 is 0 Å². The highest BCUT2D eigenvalue weighted by Crippen LogP contribution is 1.96. The summed E-state index contributed by atoms with van der Waals surface area (Å²) in [5.74, 6) is 0.568. The van der Waals surface area contributed by atoms with Gasteiger partial charge in [-0.2, -0.15) is 4.99 Å². The summed E-state index contributed by atoms with van der Waals surface area (Å²) in [6, 6.07) is 0. The third-order valence-corrected chi connectivity index (χ3v) is 0.783. The number of aromatic nitrogens is 1. The highest BCUT2D eigenvalue weighted by molar-refractivity contribution is 5.32. The monoisotopic (exact) mass is 124 g/mol. The van der Waals surface area contributed by atoms with Crippen molar-refractivity contribution in [3.8, 4) is 0 Å². The van der Waals surface area contributed by atoms with E-state index in [0.717, 1.165) is 0 Å². The molecule has 0 saturated carbocycles. The molecule has 0 fully saturated rings. The van der Waals surface area contributed by atoms with Crippen molar-refractivity contribution in [3.63, 3.8) is 0 Å². The number of nitrogens with zero attached hydrogens (tertiary/aromatic N) is 2. The lowest BCUT2D eigenvalue weighted by atomic mass is 10.5. The van der Waals surface area contributed by atoms with Crippen molar-refractivity contribution in [2.45, 2.75) is 6.54 Å². The summed E-state index contributed by atoms with van der Waals surface area (Å²) in [4.78, 5) is 16.4. The molecule has 0 bridgehead atoms. The SMILES string of the molecule is O=C=NCc1cnco1. The first-order valence-electron chi connectivity index (χ1n) is 2.34. The van der Waals surface area contributed by atoms with Crippen LogP contribution in [0.5, 0.6) is 0 Å². The van der Waals surface area contributed by atoms with Gasteiger partial charge in [0, 0.05) is 0 Å². The molecule has 0 aliphatic heterocycles. The second kappa shape index (κ2) is 2.79. The van der Waals surface area contributed by atoms with Crippen LogP contribution < -0.4 is 0 Å². The first-order chi connectivity index (χ1) is 4.43. The van der Waals surface area contributed by atoms with Crippen LogP contribution in [0.3, 0.4) is 0 Å². The average Bonchev–Trinajstić information content (AvgIpc) is 2.34. The number of rotatable bonds is 2. The second-order valence-corrected chi connectivity index (χ2v) is 1.38. The Morgan fingerprint density at radius 2 is 2.78 bits per heavy atom. The van der Waals surface area contributed by atoms with Gasteiger partial charge in [0.05, 0.1) is 6.20 Å². The maximum Gasteiger partial charge on any atom is 0.235 e. The largest absolute Gasteiger partial charge is 0.447 e. The average molecular weight is 124 g/mol. The summed E-state index contributed by atoms with van der Waals surface area (Å²) in [6.07, 6.45) is 4.18. The van der Waals surface area contributed by atoms with Crippen LogP contribution in [-0.4, -0.2) is 11.1 Å². The Kier molecular flexibility index (Phi) is 1.77. The van der Waals surface area contributed by atoms with E-state index in [9.17, 15) is 4.79 Å². The van der Waals surface area contributed by atoms with Crippen molar-refractivity contribution in [3.05, 3.63) is 18.4 Å². The number of aliphatic imine (C=N–C) groups is 1. The quantitative estimate of drug-likeness (QED) is 0.426. The van der Waals surface area contributed by atoms with Crippen molar-refractivity contribution >= 4 is 6.08 Å². The van der Waals surface area contributed by atoms with Crippen LogP contribution in [0.25, 0.3) is 0 Å². The van der Waals surface area contributed by atoms with Gasteiger partial charge in [-0.15, -0.1) is 0 Å². The lowest BCUT2D eigenvalue weighted by molar-refractivity contribution is 0.504. The Hall–Kier alpha value is -1.41. The minimum atomic E-state index is 0.226. The molecule has 4 heteroatoms. The Balaban J connectivity index is 2.57. The summed E-state index contributed by atoms with van der Waals surface area (Å²) >= 11 is 0. The molecule has 0 N–H and O–H groups in total. The zero-order valence-electron chi connectivity index (χ0n) is 4.57. The fourth-order valence-electron chi connectivity index (χ4n) is 0.430. The zero-order chi connectivity index (χ0) is 6.53. The molecular formula is C5H4N2O2. The Morgan fingerprint density at radius 3 is 3.33 bits per heavy atom. The fourth-order valence-corrected chi connectivity index (χ4v) is 0.430. The highest BCUT2D eigenvalue weighted by atomic mass is 16.3. The summed E-state index contributed by atoms with van der Waals surface area (Å²) in [5, 5.41) is 0. The van der Waals surface area contributed by atoms with Gasteiger partial charge in [0.1, 0.15) is 12.3 Å². The predicted molar refractivity (Wildman–Crippen MR) is 28.3 cm³/mol. The molecule has 0 unspecified atom stereocenters. The number of hydrogen-bond acceptors (Lipinski definition) is 4. The van der Waals surface area contributed by atoms with Crippen molar-refractivity contribution in [2.75, 3.05) is 0 Å². The molecule has 0 spiro atoms. The van der Waals surface area contributed by atoms with E-state index in [1.54, 1.807) is 0 Å². The maximum atomic E-state index is 9.55. The third-order valence-electron chi connectivity index (χ3n) is 0.783. The Labute approximate surface area is 51.2 Å². The van der Waals surface area contributed by atoms with Gasteiger partial charge in [0.2, 0.25) is 6.08 Å². The smallest absolute Gasteiger partial charge is 0.235 e. The topological polar surface area (TPSA) is 55.5 Å². The molecule has 1 aromatic rings. The van der Waals surface area contributed by atoms with Crippen molar-refractivity contribution < 1.29 is 9.21 Å². The first kappa shape index (κ1) is 5.72. The molecule has 0 aromatic carbocycles. The van der Waals surface area contributed by atoms with Gasteiger partial charge < -0.3 is 4.42 Å². The van der Waals surface area contributed by atoms with E-state index in [0.29, 0.717) is 5.76 Å². The molecule has 1 rings (SSSR count). The molecule has 0 aliphatic rings. The summed E-state index contributed by atoms with van der Waals surface area (Å²) in [6.45, 7) is 0.226. The molecular weight excluding hydrogens is 120 g/mol. The van der Waals surface area contributed by atoms with Crippen molar-refractivity contribution in [2.24, 2.45) is 4.99 Å². The van der Waals surface area contributed by atoms with Gasteiger partial charge in [0.15, 0.2) is 6.39 Å². The first-order valence-corrected chi connectivity index (χ1v) is 2.34. The molecule has 0 aliphatic carbocycles. The molecule has 0 amide bonds. The van der Waals surface area contributed by atoms with Crippen LogP contribution in [0.2, 0.25) is 0 Å². The number of hydrogen-bond donors (Lipinski definition) is 0. The van der Waals surface area contributed by atoms with E-state index < -0.39 is 0 Å². The molecule has 1 aromatic heterocycles. The van der Waals surface area contributed by atoms with Gasteiger partial charge in [-0.25, -0.2) is 9.78 Å². The lowest BCUT2D eigenvalue weighted by Gasteiger charge is -1.78. The van der Waals surface area contributed by atoms with E-state index in [4.69, 9.17) is 4.42 Å². The zero-order valence-corrected chi connectivity index (χ0v) is 4.57. The summed E-state index contributed by atoms with van der Waals surface area (Å²) in [5.41, 5.74) is 0. The van der Waals surface area contributed by atoms with Gasteiger partial charge in [-0.05, 0) is 0 Å². The minimum absolute atomic E-state index is 0.226. The fraction of sp³-hybridized carbons (Fsp3) is 0.200. The van der Waals surface area contributed by atoms with Crippen LogP contribution in [0.1, 0.15) is 5.76 Å². The van der Waals surface area contributed by atoms with Crippen LogP contribution in [-0.2, 0) is 11.3 Å². The Morgan fingerprint density at radius 1 is 1.89 bits per heavy atom. The van der Waals surface area contributed by atoms with E-state index in [1.807, 2.05) is 0 Å². The predicted octanol–water partition coefficient (Wildman–Crippen LogP) is 0.510. The second-order valence-electron chi connectivity index (χ2n) is 1.38. The molecule has 1 heterocycles. The van der Waals surface area contributed by atoms with Gasteiger partial charge >= 0.3 is 0 Å². The summed E-state index contributed by atoms with van der Waals surface area (Å²) in [7, 11) is 0. The molecule has 0 radical (unpaired) electrons. The van der Waals surface area contributed by atoms with Crippen LogP contribution >= 0.6 is 0 Å². The van der Waals surface area contributed by atoms with Crippen molar-refractivity contribution in [1.29, 1.82) is 0 Å². The molecule has 0 atom stereocenters. The standard InChI is InChI=1S/C5H4N2O2/c8-3-6-1-5-2-7-4-9-5/h2,4H,1H2. The molecule has 46 valence electrons. The number of carbonyl (C=O) groups excluding carboxylic acids is 1. The number of isocyanates is 1. The maximum absolute atomic E-state index is 9.55. The minimum Gasteiger partial charge on any atom is -0.447 e. The van der Waals surface area contributed by atoms with Crippen LogP contribution in [0, 0.1) is 0 Å². The molecule has 9 heavy (non-hydrogen) atoms. The van der Waals surface area contributed by atoms with Gasteiger partial charge in [-0.1, -0.05) is 0 Å². The van der Waals surface area contributed by atoms with Crippen molar-refractivity contribution in [1.82, 2.24) is 4.98 Å². The summed E-state index contributed by atoms with van der Waals surface area (Å²) < 4.78 is 4.75. The molecule has 0 saturated heterocycles. The third kappa shape index (κ3) is 1.51. The van der Waals surface area contributed by atoms with Gasteiger partial charge in [-0.3, -0.25) is 0 Å². The van der Waals surface area contributed by atoms with E-state index in [1.165, 1.54) is 18.7 Å². The van der Waals surface area contributed by atoms with E-state index in [-0.39, 0.29) is 6.54 Å². The number of oxazole rings is 1. The van der Waals surface area contributed by atoms with Crippen LogP contribution in [0.4, 0.5) is 0 Å². The van der Waals surface area contributed by atoms with E-state index in [2.05, 4.69) is 9.98 Å². The van der Waals surface area contributed by atoms with Gasteiger partial charge in [0.25, 0.3) is 0 Å². The Bertz CT molecular complexity index is 211. The van der Waals surface area contributed by atoms with Crippen LogP contribution in [0.15, 0.2) is 22.0 Å². The lowest BCUT2D eigenvalue weighted by Crippen LogP contribution is -1.72. The normalized spacial score (nSPS) is 8.44. The molecule has 4 nitrogen and oxygen atoms in total. The highest BCUT2D eigenvalue weighted by Gasteiger charge is 1.90.